The third-order valence-corrected chi connectivity index (χ3v) is 5.08. The smallest absolute Gasteiger partial charge is 0.139 e. The fourth-order valence-electron chi connectivity index (χ4n) is 3.42. The van der Waals surface area contributed by atoms with Crippen molar-refractivity contribution in [3.05, 3.63) is 52.8 Å². The summed E-state index contributed by atoms with van der Waals surface area (Å²) in [4.78, 5) is 4.22. The molecule has 1 aliphatic rings. The Hall–Kier alpha value is -2.57. The highest BCUT2D eigenvalue weighted by Gasteiger charge is 2.25. The van der Waals surface area contributed by atoms with E-state index in [1.165, 1.54) is 5.56 Å². The monoisotopic (exact) mass is 384 g/mol. The second-order valence-corrected chi connectivity index (χ2v) is 7.02. The van der Waals surface area contributed by atoms with Crippen molar-refractivity contribution in [1.29, 1.82) is 0 Å². The van der Waals surface area contributed by atoms with Crippen molar-refractivity contribution in [1.82, 2.24) is 14.8 Å². The first-order valence-electron chi connectivity index (χ1n) is 8.85. The van der Waals surface area contributed by atoms with Gasteiger partial charge in [0.1, 0.15) is 11.6 Å². The largest absolute Gasteiger partial charge is 0.495 e. The van der Waals surface area contributed by atoms with Gasteiger partial charge >= 0.3 is 0 Å². The number of rotatable bonds is 3. The average molecular weight is 385 g/mol. The van der Waals surface area contributed by atoms with E-state index in [0.29, 0.717) is 23.2 Å². The number of halogens is 1. The molecule has 0 spiro atoms. The Morgan fingerprint density at radius 3 is 2.89 bits per heavy atom. The molecule has 0 amide bonds. The van der Waals surface area contributed by atoms with Crippen molar-refractivity contribution in [2.45, 2.75) is 25.9 Å². The van der Waals surface area contributed by atoms with Crippen LogP contribution in [0.4, 0.5) is 5.82 Å². The van der Waals surface area contributed by atoms with Crippen molar-refractivity contribution < 1.29 is 9.47 Å². The van der Waals surface area contributed by atoms with Gasteiger partial charge in [-0.2, -0.15) is 5.10 Å². The number of aromatic nitrogens is 3. The molecule has 3 heterocycles. The molecule has 2 N–H and O–H groups in total. The number of methoxy groups -OCH3 is 1. The topological polar surface area (TPSA) is 75.2 Å². The van der Waals surface area contributed by atoms with E-state index in [9.17, 15) is 0 Å². The van der Waals surface area contributed by atoms with Crippen LogP contribution < -0.4 is 10.5 Å². The Bertz CT molecular complexity index is 969. The van der Waals surface area contributed by atoms with E-state index in [1.807, 2.05) is 28.9 Å². The van der Waals surface area contributed by atoms with Crippen LogP contribution in [0.5, 0.6) is 5.75 Å². The zero-order valence-corrected chi connectivity index (χ0v) is 16.0. The number of ether oxygens (including phenoxy) is 2. The molecule has 0 saturated carbocycles. The average Bonchev–Trinajstić information content (AvgIpc) is 2.89. The first kappa shape index (κ1) is 17.8. The van der Waals surface area contributed by atoms with Crippen molar-refractivity contribution in [2.75, 3.05) is 19.5 Å². The van der Waals surface area contributed by atoms with Gasteiger partial charge in [0.15, 0.2) is 0 Å². The fraction of sp³-hybridized carbons (Fsp3) is 0.300. The van der Waals surface area contributed by atoms with Gasteiger partial charge in [-0.15, -0.1) is 0 Å². The highest BCUT2D eigenvalue weighted by atomic mass is 35.5. The number of nitrogens with zero attached hydrogens (tertiary/aromatic N) is 3. The molecule has 7 heteroatoms. The number of nitrogens with two attached hydrogens (primary N) is 1. The molecule has 2 aromatic heterocycles. The molecule has 27 heavy (non-hydrogen) atoms. The minimum atomic E-state index is 0.119. The summed E-state index contributed by atoms with van der Waals surface area (Å²) in [5, 5.41) is 5.49. The van der Waals surface area contributed by atoms with Gasteiger partial charge in [0.05, 0.1) is 41.9 Å². The lowest BCUT2D eigenvalue weighted by atomic mass is 10.0. The van der Waals surface area contributed by atoms with E-state index in [-0.39, 0.29) is 6.10 Å². The summed E-state index contributed by atoms with van der Waals surface area (Å²) in [6.07, 6.45) is 3.45. The highest BCUT2D eigenvalue weighted by molar-refractivity contribution is 6.32. The summed E-state index contributed by atoms with van der Waals surface area (Å²) < 4.78 is 13.2. The Balaban J connectivity index is 1.90. The lowest BCUT2D eigenvalue weighted by Gasteiger charge is -2.12. The zero-order valence-electron chi connectivity index (χ0n) is 15.3. The first-order chi connectivity index (χ1) is 13.1. The summed E-state index contributed by atoms with van der Waals surface area (Å²) in [6.45, 7) is 2.75. The first-order valence-corrected chi connectivity index (χ1v) is 9.23. The Labute approximate surface area is 162 Å². The summed E-state index contributed by atoms with van der Waals surface area (Å²) in [7, 11) is 1.61. The maximum atomic E-state index is 6.20. The van der Waals surface area contributed by atoms with Gasteiger partial charge in [0.25, 0.3) is 0 Å². The van der Waals surface area contributed by atoms with Crippen molar-refractivity contribution in [3.63, 3.8) is 0 Å². The molecular formula is C20H21ClN4O2. The molecule has 6 nitrogen and oxygen atoms in total. The minimum absolute atomic E-state index is 0.119. The molecular weight excluding hydrogens is 364 g/mol. The van der Waals surface area contributed by atoms with E-state index in [0.717, 1.165) is 35.5 Å². The summed E-state index contributed by atoms with van der Waals surface area (Å²) >= 11 is 6.20. The van der Waals surface area contributed by atoms with Gasteiger partial charge in [0.2, 0.25) is 0 Å². The molecule has 0 bridgehead atoms. The van der Waals surface area contributed by atoms with E-state index < -0.39 is 0 Å². The maximum absolute atomic E-state index is 6.20. The fourth-order valence-corrected chi connectivity index (χ4v) is 3.62. The van der Waals surface area contributed by atoms with Crippen LogP contribution in [-0.4, -0.2) is 34.6 Å². The normalized spacial score (nSPS) is 16.6. The third-order valence-electron chi connectivity index (χ3n) is 4.76. The minimum Gasteiger partial charge on any atom is -0.495 e. The molecule has 0 aliphatic carbocycles. The summed E-state index contributed by atoms with van der Waals surface area (Å²) in [5.74, 6) is 1.11. The number of fused-ring (bicyclic) bond motifs is 1. The van der Waals surface area contributed by atoms with Crippen molar-refractivity contribution in [3.8, 4) is 22.7 Å². The van der Waals surface area contributed by atoms with E-state index in [4.69, 9.17) is 31.9 Å². The van der Waals surface area contributed by atoms with Gasteiger partial charge in [-0.3, -0.25) is 0 Å². The molecule has 1 aromatic carbocycles. The second-order valence-electron chi connectivity index (χ2n) is 6.61. The Kier molecular flexibility index (Phi) is 4.76. The lowest BCUT2D eigenvalue weighted by Crippen LogP contribution is -2.13. The standard InChI is InChI=1S/C20H21ClN4O2/c1-12-9-17-15(7-8-27-12)20(13-3-6-19(22)23-11-13)24-25(17)14-4-5-16(21)18(10-14)26-2/h3-6,10-12H,7-9H2,1-2H3,(H2,22,23)/t12-/m1/s1. The molecule has 0 fully saturated rings. The number of hydrogen-bond donors (Lipinski definition) is 1. The molecule has 140 valence electrons. The van der Waals surface area contributed by atoms with Crippen LogP contribution in [0.2, 0.25) is 5.02 Å². The zero-order chi connectivity index (χ0) is 19.0. The molecule has 3 aromatic rings. The molecule has 0 saturated heterocycles. The molecule has 0 unspecified atom stereocenters. The highest BCUT2D eigenvalue weighted by Crippen LogP contribution is 2.33. The van der Waals surface area contributed by atoms with Crippen LogP contribution >= 0.6 is 11.6 Å². The van der Waals surface area contributed by atoms with Crippen LogP contribution in [0.15, 0.2) is 36.5 Å². The Morgan fingerprint density at radius 1 is 1.30 bits per heavy atom. The summed E-state index contributed by atoms with van der Waals surface area (Å²) in [6, 6.07) is 9.41. The molecule has 4 rings (SSSR count). The van der Waals surface area contributed by atoms with Gasteiger partial charge in [0, 0.05) is 29.8 Å². The number of pyridine rings is 1. The maximum Gasteiger partial charge on any atom is 0.139 e. The molecule has 0 radical (unpaired) electrons. The molecule has 1 aliphatic heterocycles. The quantitative estimate of drug-likeness (QED) is 0.745. The van der Waals surface area contributed by atoms with Gasteiger partial charge in [-0.25, -0.2) is 9.67 Å². The predicted molar refractivity (Wildman–Crippen MR) is 106 cm³/mol. The van der Waals surface area contributed by atoms with Crippen LogP contribution in [0, 0.1) is 0 Å². The van der Waals surface area contributed by atoms with Gasteiger partial charge in [-0.05, 0) is 37.6 Å². The number of nitrogen functional groups attached to an aromatic ring is 1. The lowest BCUT2D eigenvalue weighted by molar-refractivity contribution is 0.0735. The van der Waals surface area contributed by atoms with Crippen molar-refractivity contribution >= 4 is 17.4 Å². The number of hydrogen-bond acceptors (Lipinski definition) is 5. The van der Waals surface area contributed by atoms with E-state index in [1.54, 1.807) is 19.4 Å². The SMILES string of the molecule is COc1cc(-n2nc(-c3ccc(N)nc3)c3c2C[C@@H](C)OCC3)ccc1Cl. The van der Waals surface area contributed by atoms with E-state index >= 15 is 0 Å². The van der Waals surface area contributed by atoms with Crippen LogP contribution in [0.1, 0.15) is 18.2 Å². The van der Waals surface area contributed by atoms with Gasteiger partial charge in [-0.1, -0.05) is 11.6 Å². The van der Waals surface area contributed by atoms with Crippen molar-refractivity contribution in [2.24, 2.45) is 0 Å². The summed E-state index contributed by atoms with van der Waals surface area (Å²) in [5.41, 5.74) is 10.8. The Morgan fingerprint density at radius 2 is 2.15 bits per heavy atom. The van der Waals surface area contributed by atoms with Crippen LogP contribution in [0.25, 0.3) is 16.9 Å². The second kappa shape index (κ2) is 7.21. The predicted octanol–water partition coefficient (Wildman–Crippen LogP) is 3.68. The van der Waals surface area contributed by atoms with Crippen LogP contribution in [0.3, 0.4) is 0 Å². The third kappa shape index (κ3) is 3.38. The number of anilines is 1. The van der Waals surface area contributed by atoms with Crippen LogP contribution in [-0.2, 0) is 17.6 Å². The number of benzene rings is 1. The molecule has 1 atom stereocenters. The van der Waals surface area contributed by atoms with Gasteiger partial charge < -0.3 is 15.2 Å². The van der Waals surface area contributed by atoms with E-state index in [2.05, 4.69) is 11.9 Å².